The molecule has 0 heterocycles. The van der Waals surface area contributed by atoms with Crippen molar-refractivity contribution in [1.29, 1.82) is 0 Å². The van der Waals surface area contributed by atoms with E-state index in [1.807, 2.05) is 18.2 Å². The summed E-state index contributed by atoms with van der Waals surface area (Å²) in [5, 5.41) is 3.20. The van der Waals surface area contributed by atoms with Crippen molar-refractivity contribution in [2.45, 2.75) is 57.6 Å². The Morgan fingerprint density at radius 3 is 2.55 bits per heavy atom. The van der Waals surface area contributed by atoms with Crippen LogP contribution in [0.1, 0.15) is 57.1 Å². The van der Waals surface area contributed by atoms with Crippen LogP contribution in [0.4, 0.5) is 0 Å². The fourth-order valence-corrected chi connectivity index (χ4v) is 3.55. The predicted molar refractivity (Wildman–Crippen MR) is 87.4 cm³/mol. The second kappa shape index (κ2) is 7.28. The predicted octanol–water partition coefficient (Wildman–Crippen LogP) is 3.85. The molecule has 0 spiro atoms. The Kier molecular flexibility index (Phi) is 5.14. The highest BCUT2D eigenvalue weighted by Gasteiger charge is 2.40. The maximum absolute atomic E-state index is 12.3. The van der Waals surface area contributed by atoms with Gasteiger partial charge in [0, 0.05) is 0 Å². The SMILES string of the molecule is CC1CC1C(NC(=O)COC1CCCCC1)c1ccccc1. The molecule has 1 amide bonds. The van der Waals surface area contributed by atoms with Crippen LogP contribution in [0.2, 0.25) is 0 Å². The van der Waals surface area contributed by atoms with Gasteiger partial charge in [-0.05, 0) is 36.7 Å². The third-order valence-electron chi connectivity index (χ3n) is 5.08. The molecule has 2 aliphatic rings. The molecule has 120 valence electrons. The summed E-state index contributed by atoms with van der Waals surface area (Å²) < 4.78 is 5.80. The first-order valence-corrected chi connectivity index (χ1v) is 8.70. The number of rotatable bonds is 6. The van der Waals surface area contributed by atoms with Gasteiger partial charge in [-0.1, -0.05) is 56.5 Å². The Morgan fingerprint density at radius 1 is 1.23 bits per heavy atom. The molecule has 3 heteroatoms. The smallest absolute Gasteiger partial charge is 0.246 e. The van der Waals surface area contributed by atoms with Gasteiger partial charge < -0.3 is 10.1 Å². The summed E-state index contributed by atoms with van der Waals surface area (Å²) >= 11 is 0. The molecule has 2 aliphatic carbocycles. The number of hydrogen-bond donors (Lipinski definition) is 1. The minimum absolute atomic E-state index is 0.0264. The van der Waals surface area contributed by atoms with Crippen LogP contribution in [0.25, 0.3) is 0 Å². The van der Waals surface area contributed by atoms with Crippen LogP contribution >= 0.6 is 0 Å². The summed E-state index contributed by atoms with van der Waals surface area (Å²) in [4.78, 5) is 12.3. The molecule has 0 aromatic heterocycles. The highest BCUT2D eigenvalue weighted by Crippen LogP contribution is 2.46. The molecule has 0 aliphatic heterocycles. The Hall–Kier alpha value is -1.35. The third kappa shape index (κ3) is 4.10. The Morgan fingerprint density at radius 2 is 1.91 bits per heavy atom. The van der Waals surface area contributed by atoms with Crippen molar-refractivity contribution >= 4 is 5.91 Å². The number of ether oxygens (including phenoxy) is 1. The van der Waals surface area contributed by atoms with Gasteiger partial charge in [0.05, 0.1) is 12.1 Å². The van der Waals surface area contributed by atoms with E-state index in [4.69, 9.17) is 4.74 Å². The summed E-state index contributed by atoms with van der Waals surface area (Å²) in [5.41, 5.74) is 1.21. The first-order chi connectivity index (χ1) is 10.7. The van der Waals surface area contributed by atoms with E-state index in [-0.39, 0.29) is 24.7 Å². The molecular weight excluding hydrogens is 274 g/mol. The standard InChI is InChI=1S/C19H27NO2/c1-14-12-17(14)19(15-8-4-2-5-9-15)20-18(21)13-22-16-10-6-3-7-11-16/h2,4-5,8-9,14,16-17,19H,3,6-7,10-13H2,1H3,(H,20,21). The number of nitrogens with one attached hydrogen (secondary N) is 1. The minimum Gasteiger partial charge on any atom is -0.368 e. The van der Waals surface area contributed by atoms with Crippen LogP contribution in [0, 0.1) is 11.8 Å². The quantitative estimate of drug-likeness (QED) is 0.866. The zero-order valence-electron chi connectivity index (χ0n) is 13.5. The maximum atomic E-state index is 12.3. The van der Waals surface area contributed by atoms with Crippen LogP contribution in [0.5, 0.6) is 0 Å². The van der Waals surface area contributed by atoms with Crippen LogP contribution in [0.3, 0.4) is 0 Å². The van der Waals surface area contributed by atoms with Crippen LogP contribution in [0.15, 0.2) is 30.3 Å². The van der Waals surface area contributed by atoms with Crippen LogP contribution in [-0.4, -0.2) is 18.6 Å². The van der Waals surface area contributed by atoms with Crippen molar-refractivity contribution in [3.63, 3.8) is 0 Å². The molecule has 1 aromatic carbocycles. The van der Waals surface area contributed by atoms with E-state index >= 15 is 0 Å². The lowest BCUT2D eigenvalue weighted by atomic mass is 9.98. The fraction of sp³-hybridized carbons (Fsp3) is 0.632. The largest absolute Gasteiger partial charge is 0.368 e. The van der Waals surface area contributed by atoms with E-state index in [0.29, 0.717) is 11.8 Å². The number of carbonyl (C=O) groups excluding carboxylic acids is 1. The zero-order valence-corrected chi connectivity index (χ0v) is 13.5. The van der Waals surface area contributed by atoms with E-state index in [0.717, 1.165) is 12.8 Å². The van der Waals surface area contributed by atoms with E-state index in [9.17, 15) is 4.79 Å². The summed E-state index contributed by atoms with van der Waals surface area (Å²) in [7, 11) is 0. The summed E-state index contributed by atoms with van der Waals surface area (Å²) in [6.07, 6.45) is 7.47. The lowest BCUT2D eigenvalue weighted by Crippen LogP contribution is -2.34. The van der Waals surface area contributed by atoms with Gasteiger partial charge in [0.2, 0.25) is 5.91 Å². The average Bonchev–Trinajstić information content (AvgIpc) is 3.29. The van der Waals surface area contributed by atoms with Gasteiger partial charge in [-0.15, -0.1) is 0 Å². The molecule has 22 heavy (non-hydrogen) atoms. The number of amides is 1. The van der Waals surface area contributed by atoms with Gasteiger partial charge >= 0.3 is 0 Å². The average molecular weight is 301 g/mol. The second-order valence-corrected chi connectivity index (χ2v) is 6.90. The van der Waals surface area contributed by atoms with Crippen LogP contribution < -0.4 is 5.32 Å². The molecule has 3 atom stereocenters. The number of benzene rings is 1. The van der Waals surface area contributed by atoms with Crippen molar-refractivity contribution in [2.24, 2.45) is 11.8 Å². The molecule has 2 saturated carbocycles. The molecule has 1 N–H and O–H groups in total. The molecule has 3 unspecified atom stereocenters. The minimum atomic E-state index is 0.0264. The summed E-state index contributed by atoms with van der Waals surface area (Å²) in [6, 6.07) is 10.5. The van der Waals surface area contributed by atoms with E-state index in [1.165, 1.54) is 31.2 Å². The lowest BCUT2D eigenvalue weighted by molar-refractivity contribution is -0.129. The van der Waals surface area contributed by atoms with E-state index in [2.05, 4.69) is 24.4 Å². The lowest BCUT2D eigenvalue weighted by Gasteiger charge is -2.23. The molecule has 0 saturated heterocycles. The molecule has 0 radical (unpaired) electrons. The maximum Gasteiger partial charge on any atom is 0.246 e. The first kappa shape index (κ1) is 15.5. The van der Waals surface area contributed by atoms with Gasteiger partial charge in [-0.2, -0.15) is 0 Å². The van der Waals surface area contributed by atoms with Gasteiger partial charge in [-0.25, -0.2) is 0 Å². The summed E-state index contributed by atoms with van der Waals surface area (Å²) in [6.45, 7) is 2.46. The Balaban J connectivity index is 1.53. The van der Waals surface area contributed by atoms with Gasteiger partial charge in [0.25, 0.3) is 0 Å². The molecule has 3 rings (SSSR count). The van der Waals surface area contributed by atoms with Crippen LogP contribution in [-0.2, 0) is 9.53 Å². The zero-order chi connectivity index (χ0) is 15.4. The topological polar surface area (TPSA) is 38.3 Å². The normalized spacial score (nSPS) is 26.4. The number of carbonyl (C=O) groups is 1. The van der Waals surface area contributed by atoms with Crippen molar-refractivity contribution in [3.05, 3.63) is 35.9 Å². The Bertz CT molecular complexity index is 481. The highest BCUT2D eigenvalue weighted by atomic mass is 16.5. The van der Waals surface area contributed by atoms with Crippen molar-refractivity contribution in [3.8, 4) is 0 Å². The highest BCUT2D eigenvalue weighted by molar-refractivity contribution is 5.77. The van der Waals surface area contributed by atoms with E-state index < -0.39 is 0 Å². The van der Waals surface area contributed by atoms with Crippen molar-refractivity contribution in [2.75, 3.05) is 6.61 Å². The van der Waals surface area contributed by atoms with Crippen molar-refractivity contribution in [1.82, 2.24) is 5.32 Å². The molecular formula is C19H27NO2. The molecule has 0 bridgehead atoms. The Labute approximate surface area is 133 Å². The first-order valence-electron chi connectivity index (χ1n) is 8.70. The second-order valence-electron chi connectivity index (χ2n) is 6.90. The third-order valence-corrected chi connectivity index (χ3v) is 5.08. The monoisotopic (exact) mass is 301 g/mol. The fourth-order valence-electron chi connectivity index (χ4n) is 3.55. The van der Waals surface area contributed by atoms with E-state index in [1.54, 1.807) is 0 Å². The molecule has 1 aromatic rings. The van der Waals surface area contributed by atoms with Gasteiger partial charge in [0.1, 0.15) is 6.61 Å². The van der Waals surface area contributed by atoms with Crippen molar-refractivity contribution < 1.29 is 9.53 Å². The van der Waals surface area contributed by atoms with Gasteiger partial charge in [0.15, 0.2) is 0 Å². The van der Waals surface area contributed by atoms with Gasteiger partial charge in [-0.3, -0.25) is 4.79 Å². The summed E-state index contributed by atoms with van der Waals surface area (Å²) in [5.74, 6) is 1.30. The molecule has 2 fully saturated rings. The number of hydrogen-bond acceptors (Lipinski definition) is 2. The molecule has 3 nitrogen and oxygen atoms in total.